The van der Waals surface area contributed by atoms with Crippen molar-refractivity contribution >= 4 is 21.6 Å². The molecule has 0 radical (unpaired) electrons. The average molecular weight is 378 g/mol. The maximum absolute atomic E-state index is 12.4. The number of anilines is 1. The molecule has 0 saturated heterocycles. The molecule has 1 N–H and O–H groups in total. The summed E-state index contributed by atoms with van der Waals surface area (Å²) < 4.78 is 35.4. The second-order valence-electron chi connectivity index (χ2n) is 5.50. The summed E-state index contributed by atoms with van der Waals surface area (Å²) in [6.07, 6.45) is 1.09. The van der Waals surface area contributed by atoms with Crippen LogP contribution in [0.2, 0.25) is 0 Å². The lowest BCUT2D eigenvalue weighted by atomic mass is 10.1. The van der Waals surface area contributed by atoms with Crippen molar-refractivity contribution in [2.45, 2.75) is 0 Å². The van der Waals surface area contributed by atoms with Crippen LogP contribution < -0.4 is 19.1 Å². The van der Waals surface area contributed by atoms with Gasteiger partial charge in [0.05, 0.1) is 31.2 Å². The summed E-state index contributed by atoms with van der Waals surface area (Å²) in [5.41, 5.74) is 0.593. The van der Waals surface area contributed by atoms with Crippen LogP contribution in [-0.4, -0.2) is 47.9 Å². The fourth-order valence-electron chi connectivity index (χ4n) is 2.28. The van der Waals surface area contributed by atoms with Crippen molar-refractivity contribution in [3.8, 4) is 11.5 Å². The number of benzene rings is 2. The number of hydrogen-bond acceptors (Lipinski definition) is 5. The third-order valence-electron chi connectivity index (χ3n) is 3.70. The van der Waals surface area contributed by atoms with Crippen LogP contribution >= 0.6 is 0 Å². The van der Waals surface area contributed by atoms with Crippen molar-refractivity contribution < 1.29 is 22.7 Å². The van der Waals surface area contributed by atoms with Gasteiger partial charge < -0.3 is 14.8 Å². The van der Waals surface area contributed by atoms with E-state index < -0.39 is 10.0 Å². The lowest BCUT2D eigenvalue weighted by Gasteiger charge is -2.19. The number of nitrogens with one attached hydrogen (secondary N) is 1. The molecular formula is C18H22N2O5S. The molecule has 2 rings (SSSR count). The van der Waals surface area contributed by atoms with Gasteiger partial charge in [0.15, 0.2) is 11.5 Å². The van der Waals surface area contributed by atoms with Gasteiger partial charge in [-0.25, -0.2) is 8.42 Å². The number of carbonyl (C=O) groups excluding carboxylic acids is 1. The van der Waals surface area contributed by atoms with Crippen molar-refractivity contribution in [3.05, 3.63) is 54.1 Å². The van der Waals surface area contributed by atoms with Crippen LogP contribution in [0.15, 0.2) is 48.5 Å². The zero-order chi connectivity index (χ0) is 19.2. The molecule has 0 bridgehead atoms. The Morgan fingerprint density at radius 2 is 1.69 bits per heavy atom. The highest BCUT2D eigenvalue weighted by molar-refractivity contribution is 7.92. The molecule has 0 aliphatic carbocycles. The van der Waals surface area contributed by atoms with E-state index in [4.69, 9.17) is 9.47 Å². The Hall–Kier alpha value is -2.74. The van der Waals surface area contributed by atoms with Crippen molar-refractivity contribution in [2.75, 3.05) is 37.9 Å². The van der Waals surface area contributed by atoms with E-state index in [0.717, 1.165) is 10.6 Å². The molecule has 2 aromatic rings. The summed E-state index contributed by atoms with van der Waals surface area (Å²) in [6.45, 7) is 0.504. The van der Waals surface area contributed by atoms with E-state index in [0.29, 0.717) is 17.2 Å². The minimum absolute atomic E-state index is 0.246. The van der Waals surface area contributed by atoms with Gasteiger partial charge in [0.1, 0.15) is 6.61 Å². The molecule has 0 aromatic heterocycles. The Morgan fingerprint density at radius 3 is 2.35 bits per heavy atom. The van der Waals surface area contributed by atoms with Crippen LogP contribution in [0.1, 0.15) is 10.4 Å². The number of rotatable bonds is 8. The van der Waals surface area contributed by atoms with Gasteiger partial charge in [0.25, 0.3) is 5.91 Å². The van der Waals surface area contributed by atoms with Gasteiger partial charge >= 0.3 is 0 Å². The first-order valence-corrected chi connectivity index (χ1v) is 9.76. The Morgan fingerprint density at radius 1 is 1.08 bits per heavy atom. The second-order valence-corrected chi connectivity index (χ2v) is 7.52. The third kappa shape index (κ3) is 4.89. The number of sulfonamides is 1. The highest BCUT2D eigenvalue weighted by Gasteiger charge is 2.19. The first-order chi connectivity index (χ1) is 12.3. The van der Waals surface area contributed by atoms with Crippen molar-refractivity contribution in [3.63, 3.8) is 0 Å². The average Bonchev–Trinajstić information content (AvgIpc) is 2.64. The lowest BCUT2D eigenvalue weighted by Crippen LogP contribution is -2.31. The quantitative estimate of drug-likeness (QED) is 0.709. The number of para-hydroxylation sites is 3. The van der Waals surface area contributed by atoms with Crippen molar-refractivity contribution in [1.29, 1.82) is 0 Å². The molecule has 0 saturated carbocycles. The van der Waals surface area contributed by atoms with Gasteiger partial charge in [-0.2, -0.15) is 0 Å². The Balaban J connectivity index is 1.99. The summed E-state index contributed by atoms with van der Waals surface area (Å²) in [6, 6.07) is 13.7. The summed E-state index contributed by atoms with van der Waals surface area (Å²) in [7, 11) is -0.502. The molecule has 140 valence electrons. The molecule has 0 unspecified atom stereocenters. The summed E-state index contributed by atoms with van der Waals surface area (Å²) in [4.78, 5) is 12.4. The van der Waals surface area contributed by atoms with E-state index >= 15 is 0 Å². The number of carbonyl (C=O) groups is 1. The predicted molar refractivity (Wildman–Crippen MR) is 101 cm³/mol. The van der Waals surface area contributed by atoms with Crippen molar-refractivity contribution in [1.82, 2.24) is 5.32 Å². The first-order valence-electron chi connectivity index (χ1n) is 7.91. The standard InChI is InChI=1S/C18H22N2O5S/c1-20(26(3,22)23)15-9-5-4-8-14(15)18(21)19-12-13-25-17-11-7-6-10-16(17)24-2/h4-11H,12-13H2,1-3H3,(H,19,21). The van der Waals surface area contributed by atoms with Crippen LogP contribution in [0.3, 0.4) is 0 Å². The summed E-state index contributed by atoms with van der Waals surface area (Å²) in [5, 5.41) is 2.73. The number of amides is 1. The van der Waals surface area contributed by atoms with Crippen LogP contribution in [0, 0.1) is 0 Å². The van der Waals surface area contributed by atoms with Gasteiger partial charge in [0, 0.05) is 7.05 Å². The topological polar surface area (TPSA) is 84.9 Å². The zero-order valence-electron chi connectivity index (χ0n) is 14.9. The van der Waals surface area contributed by atoms with E-state index in [9.17, 15) is 13.2 Å². The molecule has 7 nitrogen and oxygen atoms in total. The Bertz CT molecular complexity index is 867. The Labute approximate surface area is 153 Å². The fourth-order valence-corrected chi connectivity index (χ4v) is 2.79. The monoisotopic (exact) mass is 378 g/mol. The number of nitrogens with zero attached hydrogens (tertiary/aromatic N) is 1. The van der Waals surface area contributed by atoms with Crippen LogP contribution in [0.25, 0.3) is 0 Å². The molecule has 0 heterocycles. The first kappa shape index (κ1) is 19.6. The Kier molecular flexibility index (Phi) is 6.46. The summed E-state index contributed by atoms with van der Waals surface area (Å²) in [5.74, 6) is 0.820. The van der Waals surface area contributed by atoms with Gasteiger partial charge in [-0.05, 0) is 24.3 Å². The SMILES string of the molecule is COc1ccccc1OCCNC(=O)c1ccccc1N(C)S(C)(=O)=O. The summed E-state index contributed by atoms with van der Waals surface area (Å²) >= 11 is 0. The van der Waals surface area contributed by atoms with Crippen LogP contribution in [0.5, 0.6) is 11.5 Å². The van der Waals surface area contributed by atoms with E-state index in [1.807, 2.05) is 12.1 Å². The zero-order valence-corrected chi connectivity index (χ0v) is 15.7. The van der Waals surface area contributed by atoms with E-state index in [1.54, 1.807) is 43.5 Å². The van der Waals surface area contributed by atoms with Crippen LogP contribution in [-0.2, 0) is 10.0 Å². The van der Waals surface area contributed by atoms with Gasteiger partial charge in [0.2, 0.25) is 10.0 Å². The maximum atomic E-state index is 12.4. The molecule has 0 aliphatic heterocycles. The van der Waals surface area contributed by atoms with E-state index in [1.165, 1.54) is 7.05 Å². The molecule has 0 aliphatic rings. The highest BCUT2D eigenvalue weighted by Crippen LogP contribution is 2.25. The van der Waals surface area contributed by atoms with E-state index in [-0.39, 0.29) is 24.6 Å². The molecule has 26 heavy (non-hydrogen) atoms. The minimum Gasteiger partial charge on any atom is -0.493 e. The van der Waals surface area contributed by atoms with Crippen LogP contribution in [0.4, 0.5) is 5.69 Å². The normalized spacial score (nSPS) is 10.9. The molecular weight excluding hydrogens is 356 g/mol. The number of methoxy groups -OCH3 is 1. The molecule has 1 amide bonds. The second kappa shape index (κ2) is 8.57. The van der Waals surface area contributed by atoms with Gasteiger partial charge in [-0.3, -0.25) is 9.10 Å². The lowest BCUT2D eigenvalue weighted by molar-refractivity contribution is 0.0947. The highest BCUT2D eigenvalue weighted by atomic mass is 32.2. The smallest absolute Gasteiger partial charge is 0.253 e. The van der Waals surface area contributed by atoms with E-state index in [2.05, 4.69) is 5.32 Å². The molecule has 0 atom stereocenters. The van der Waals surface area contributed by atoms with Gasteiger partial charge in [-0.15, -0.1) is 0 Å². The minimum atomic E-state index is -3.47. The molecule has 2 aromatic carbocycles. The third-order valence-corrected chi connectivity index (χ3v) is 4.89. The largest absolute Gasteiger partial charge is 0.493 e. The predicted octanol–water partition coefficient (Wildman–Crippen LogP) is 1.90. The molecule has 0 spiro atoms. The molecule has 8 heteroatoms. The maximum Gasteiger partial charge on any atom is 0.253 e. The van der Waals surface area contributed by atoms with Crippen molar-refractivity contribution in [2.24, 2.45) is 0 Å². The number of hydrogen-bond donors (Lipinski definition) is 1. The molecule has 0 fully saturated rings. The fraction of sp³-hybridized carbons (Fsp3) is 0.278. The number of ether oxygens (including phenoxy) is 2. The van der Waals surface area contributed by atoms with Gasteiger partial charge in [-0.1, -0.05) is 24.3 Å².